The number of hydrogen-bond donors (Lipinski definition) is 1. The number of carbonyl (C=O) groups is 1. The first kappa shape index (κ1) is 12.4. The summed E-state index contributed by atoms with van der Waals surface area (Å²) in [6.07, 6.45) is 0.945. The highest BCUT2D eigenvalue weighted by molar-refractivity contribution is 7.10. The molecule has 1 amide bonds. The summed E-state index contributed by atoms with van der Waals surface area (Å²) in [6, 6.07) is 11.1. The first-order valence-corrected chi connectivity index (χ1v) is 7.28. The van der Waals surface area contributed by atoms with Crippen LogP contribution in [0.4, 0.5) is 0 Å². The first-order valence-electron chi connectivity index (χ1n) is 6.40. The number of thiophene rings is 1. The lowest BCUT2D eigenvalue weighted by Crippen LogP contribution is -2.41. The summed E-state index contributed by atoms with van der Waals surface area (Å²) in [5.74, 6) is 0.0167. The molecule has 2 N–H and O–H groups in total. The van der Waals surface area contributed by atoms with E-state index in [4.69, 9.17) is 5.73 Å². The van der Waals surface area contributed by atoms with Crippen LogP contribution in [0.2, 0.25) is 0 Å². The number of nitrogens with zero attached hydrogens (tertiary/aromatic N) is 1. The Labute approximate surface area is 116 Å². The van der Waals surface area contributed by atoms with Gasteiger partial charge in [-0.05, 0) is 29.0 Å². The highest BCUT2D eigenvalue weighted by Crippen LogP contribution is 2.25. The van der Waals surface area contributed by atoms with E-state index in [9.17, 15) is 4.79 Å². The van der Waals surface area contributed by atoms with Crippen molar-refractivity contribution in [3.05, 3.63) is 57.8 Å². The largest absolute Gasteiger partial charge is 0.336 e. The maximum Gasteiger partial charge on any atom is 0.244 e. The first-order chi connectivity index (χ1) is 9.25. The maximum atomic E-state index is 12.4. The number of carbonyl (C=O) groups excluding carboxylic acids is 1. The van der Waals surface area contributed by atoms with Gasteiger partial charge in [0.25, 0.3) is 0 Å². The van der Waals surface area contributed by atoms with Gasteiger partial charge in [-0.15, -0.1) is 11.3 Å². The maximum absolute atomic E-state index is 12.4. The fourth-order valence-corrected chi connectivity index (χ4v) is 3.33. The van der Waals surface area contributed by atoms with Crippen LogP contribution in [0.5, 0.6) is 0 Å². The molecule has 1 aliphatic rings. The topological polar surface area (TPSA) is 46.3 Å². The van der Waals surface area contributed by atoms with Gasteiger partial charge < -0.3 is 10.6 Å². The summed E-state index contributed by atoms with van der Waals surface area (Å²) >= 11 is 1.77. The molecule has 1 aromatic carbocycles. The predicted molar refractivity (Wildman–Crippen MR) is 76.8 cm³/mol. The molecule has 0 saturated carbocycles. The second-order valence-electron chi connectivity index (χ2n) is 4.77. The quantitative estimate of drug-likeness (QED) is 0.912. The van der Waals surface area contributed by atoms with E-state index in [1.165, 1.54) is 10.4 Å². The number of hydrogen-bond acceptors (Lipinski definition) is 3. The second-order valence-corrected chi connectivity index (χ2v) is 5.77. The molecule has 0 aliphatic carbocycles. The van der Waals surface area contributed by atoms with Crippen LogP contribution in [0.1, 0.15) is 22.0 Å². The average molecular weight is 272 g/mol. The summed E-state index contributed by atoms with van der Waals surface area (Å²) in [7, 11) is 0. The second kappa shape index (κ2) is 5.15. The molecule has 0 saturated heterocycles. The Balaban J connectivity index is 1.75. The van der Waals surface area contributed by atoms with Gasteiger partial charge in [0, 0.05) is 18.0 Å². The third-order valence-electron chi connectivity index (χ3n) is 3.54. The van der Waals surface area contributed by atoms with E-state index in [-0.39, 0.29) is 5.91 Å². The van der Waals surface area contributed by atoms with Gasteiger partial charge in [0.15, 0.2) is 0 Å². The molecule has 3 nitrogen and oxygen atoms in total. The third kappa shape index (κ3) is 2.41. The van der Waals surface area contributed by atoms with E-state index < -0.39 is 6.04 Å². The Morgan fingerprint density at radius 1 is 1.26 bits per heavy atom. The fraction of sp³-hybridized carbons (Fsp3) is 0.267. The van der Waals surface area contributed by atoms with Gasteiger partial charge in [0.2, 0.25) is 5.91 Å². The molecule has 4 heteroatoms. The fourth-order valence-electron chi connectivity index (χ4n) is 2.44. The molecule has 0 fully saturated rings. The Morgan fingerprint density at radius 3 is 2.84 bits per heavy atom. The summed E-state index contributed by atoms with van der Waals surface area (Å²) in [6.45, 7) is 1.46. The summed E-state index contributed by atoms with van der Waals surface area (Å²) in [5.41, 5.74) is 8.22. The van der Waals surface area contributed by atoms with E-state index in [1.807, 2.05) is 35.2 Å². The van der Waals surface area contributed by atoms with Crippen molar-refractivity contribution in [2.45, 2.75) is 19.0 Å². The number of rotatable bonds is 2. The molecule has 2 aromatic rings. The zero-order valence-corrected chi connectivity index (χ0v) is 11.4. The molecular formula is C15H16N2OS. The van der Waals surface area contributed by atoms with Crippen molar-refractivity contribution < 1.29 is 4.79 Å². The van der Waals surface area contributed by atoms with Gasteiger partial charge in [0.05, 0.1) is 0 Å². The van der Waals surface area contributed by atoms with Crippen molar-refractivity contribution in [3.63, 3.8) is 0 Å². The number of amides is 1. The van der Waals surface area contributed by atoms with Gasteiger partial charge >= 0.3 is 0 Å². The van der Waals surface area contributed by atoms with Crippen LogP contribution >= 0.6 is 11.3 Å². The highest BCUT2D eigenvalue weighted by atomic mass is 32.1. The van der Waals surface area contributed by atoms with E-state index in [2.05, 4.69) is 11.4 Å². The Kier molecular flexibility index (Phi) is 3.36. The number of benzene rings is 1. The standard InChI is InChI=1S/C15H16N2OS/c16-14(11-4-2-1-3-5-11)15(18)17-8-6-13-12(10-17)7-9-19-13/h1-5,7,9,14H,6,8,10,16H2/t14-/m1/s1. The summed E-state index contributed by atoms with van der Waals surface area (Å²) in [4.78, 5) is 15.7. The van der Waals surface area contributed by atoms with Crippen molar-refractivity contribution in [3.8, 4) is 0 Å². The molecule has 0 spiro atoms. The van der Waals surface area contributed by atoms with Crippen molar-refractivity contribution >= 4 is 17.2 Å². The van der Waals surface area contributed by atoms with Crippen molar-refractivity contribution in [1.29, 1.82) is 0 Å². The molecule has 98 valence electrons. The Hall–Kier alpha value is -1.65. The zero-order chi connectivity index (χ0) is 13.2. The minimum absolute atomic E-state index is 0.0167. The van der Waals surface area contributed by atoms with Crippen LogP contribution in [0, 0.1) is 0 Å². The molecule has 1 aromatic heterocycles. The number of fused-ring (bicyclic) bond motifs is 1. The normalized spacial score (nSPS) is 15.9. The van der Waals surface area contributed by atoms with Gasteiger partial charge in [-0.3, -0.25) is 4.79 Å². The van der Waals surface area contributed by atoms with E-state index in [0.717, 1.165) is 18.5 Å². The lowest BCUT2D eigenvalue weighted by molar-refractivity contribution is -0.133. The molecule has 1 aliphatic heterocycles. The highest BCUT2D eigenvalue weighted by Gasteiger charge is 2.26. The monoisotopic (exact) mass is 272 g/mol. The molecule has 0 unspecified atom stereocenters. The number of nitrogens with two attached hydrogens (primary N) is 1. The van der Waals surface area contributed by atoms with E-state index in [1.54, 1.807) is 11.3 Å². The predicted octanol–water partition coefficient (Wildman–Crippen LogP) is 2.33. The smallest absolute Gasteiger partial charge is 0.244 e. The van der Waals surface area contributed by atoms with Crippen molar-refractivity contribution in [1.82, 2.24) is 4.90 Å². The Bertz CT molecular complexity index is 579. The van der Waals surface area contributed by atoms with Crippen LogP contribution in [-0.2, 0) is 17.8 Å². The van der Waals surface area contributed by atoms with Crippen LogP contribution < -0.4 is 5.73 Å². The van der Waals surface area contributed by atoms with Crippen LogP contribution in [-0.4, -0.2) is 17.4 Å². The summed E-state index contributed by atoms with van der Waals surface area (Å²) in [5, 5.41) is 2.09. The molecule has 19 heavy (non-hydrogen) atoms. The van der Waals surface area contributed by atoms with Gasteiger partial charge in [-0.1, -0.05) is 30.3 Å². The van der Waals surface area contributed by atoms with Crippen LogP contribution in [0.15, 0.2) is 41.8 Å². The van der Waals surface area contributed by atoms with E-state index >= 15 is 0 Å². The van der Waals surface area contributed by atoms with Crippen LogP contribution in [0.25, 0.3) is 0 Å². The average Bonchev–Trinajstić information content (AvgIpc) is 2.94. The minimum Gasteiger partial charge on any atom is -0.336 e. The molecular weight excluding hydrogens is 256 g/mol. The van der Waals surface area contributed by atoms with Crippen molar-refractivity contribution in [2.75, 3.05) is 6.54 Å². The lowest BCUT2D eigenvalue weighted by atomic mass is 10.0. The summed E-state index contributed by atoms with van der Waals surface area (Å²) < 4.78 is 0. The van der Waals surface area contributed by atoms with Gasteiger partial charge in [0.1, 0.15) is 6.04 Å². The SMILES string of the molecule is N[C@@H](C(=O)N1CCc2sccc2C1)c1ccccc1. The molecule has 0 bridgehead atoms. The zero-order valence-electron chi connectivity index (χ0n) is 10.6. The van der Waals surface area contributed by atoms with Gasteiger partial charge in [-0.2, -0.15) is 0 Å². The molecule has 3 rings (SSSR count). The van der Waals surface area contributed by atoms with Crippen LogP contribution in [0.3, 0.4) is 0 Å². The lowest BCUT2D eigenvalue weighted by Gasteiger charge is -2.29. The van der Waals surface area contributed by atoms with Crippen molar-refractivity contribution in [2.24, 2.45) is 5.73 Å². The molecule has 1 atom stereocenters. The molecule has 2 heterocycles. The third-order valence-corrected chi connectivity index (χ3v) is 4.57. The Morgan fingerprint density at radius 2 is 2.05 bits per heavy atom. The molecule has 0 radical (unpaired) electrons. The van der Waals surface area contributed by atoms with Gasteiger partial charge in [-0.25, -0.2) is 0 Å². The van der Waals surface area contributed by atoms with E-state index in [0.29, 0.717) is 6.54 Å². The minimum atomic E-state index is -0.554.